The van der Waals surface area contributed by atoms with Crippen LogP contribution in [0.3, 0.4) is 0 Å². The second-order valence-corrected chi connectivity index (χ2v) is 26.6. The smallest absolute Gasteiger partial charge is 0.179 e. The summed E-state index contributed by atoms with van der Waals surface area (Å²) in [7, 11) is -3.07. The van der Waals surface area contributed by atoms with E-state index in [1.807, 2.05) is 11.8 Å². The fourth-order valence-electron chi connectivity index (χ4n) is 14.1. The average molecular weight is 1070 g/mol. The van der Waals surface area contributed by atoms with Crippen molar-refractivity contribution in [2.24, 2.45) is 0 Å². The number of hydrogen-bond donors (Lipinski definition) is 0. The van der Waals surface area contributed by atoms with Crippen LogP contribution in [0.25, 0.3) is 82.8 Å². The molecule has 0 saturated carbocycles. The summed E-state index contributed by atoms with van der Waals surface area (Å²) >= 11 is 1.88. The molecule has 2 aliphatic heterocycles. The van der Waals surface area contributed by atoms with Crippen molar-refractivity contribution < 1.29 is 0 Å². The summed E-state index contributed by atoms with van der Waals surface area (Å²) in [6.45, 7) is 0. The Hall–Kier alpha value is -9.66. The molecule has 0 radical (unpaired) electrons. The minimum absolute atomic E-state index is 0.188. The third-order valence-electron chi connectivity index (χ3n) is 17.6. The molecular formula is C74H51N5SSi. The fraction of sp³-hybridized carbons (Fsp3) is 0.0405. The molecule has 17 rings (SSSR count). The molecule has 14 aromatic rings. The van der Waals surface area contributed by atoms with Crippen molar-refractivity contribution >= 4 is 107 Å². The Bertz CT molecular complexity index is 4840. The molecule has 0 saturated heterocycles. The van der Waals surface area contributed by atoms with Gasteiger partial charge in [0.05, 0.1) is 50.6 Å². The van der Waals surface area contributed by atoms with Crippen LogP contribution in [0.1, 0.15) is 17.3 Å². The number of hydrogen-bond acceptors (Lipinski definition) is 3. The molecule has 3 aliphatic rings. The van der Waals surface area contributed by atoms with Crippen LogP contribution < -0.4 is 25.6 Å². The zero-order valence-corrected chi connectivity index (χ0v) is 46.0. The molecule has 0 fully saturated rings. The maximum Gasteiger partial charge on any atom is 0.179 e. The molecule has 382 valence electrons. The molecule has 0 amide bonds. The first kappa shape index (κ1) is 46.3. The summed E-state index contributed by atoms with van der Waals surface area (Å²) in [5.41, 5.74) is 16.7. The molecule has 7 heteroatoms. The van der Waals surface area contributed by atoms with E-state index >= 15 is 0 Å². The van der Waals surface area contributed by atoms with Crippen LogP contribution >= 0.6 is 11.8 Å². The van der Waals surface area contributed by atoms with E-state index in [2.05, 4.69) is 304 Å². The van der Waals surface area contributed by atoms with Crippen molar-refractivity contribution in [1.82, 2.24) is 18.7 Å². The number of nitrogens with zero attached hydrogens (tertiary/aromatic N) is 5. The summed E-state index contributed by atoms with van der Waals surface area (Å²) in [5, 5.41) is 10.3. The summed E-state index contributed by atoms with van der Waals surface area (Å²) in [4.78, 5) is 8.85. The van der Waals surface area contributed by atoms with Crippen LogP contribution in [-0.2, 0) is 5.75 Å². The van der Waals surface area contributed by atoms with Gasteiger partial charge in [0.1, 0.15) is 5.82 Å². The topological polar surface area (TPSA) is 30.9 Å². The molecule has 3 aromatic heterocycles. The number of benzene rings is 11. The largest absolute Gasteiger partial charge is 0.333 e. The second-order valence-electron chi connectivity index (χ2n) is 21.8. The fourth-order valence-corrected chi connectivity index (χ4v) is 19.9. The summed E-state index contributed by atoms with van der Waals surface area (Å²) in [6, 6.07) is 98.4. The number of aromatic nitrogens is 4. The van der Waals surface area contributed by atoms with E-state index < -0.39 is 8.07 Å². The van der Waals surface area contributed by atoms with E-state index in [0.29, 0.717) is 0 Å². The van der Waals surface area contributed by atoms with Crippen molar-refractivity contribution in [3.05, 3.63) is 297 Å². The first-order valence-corrected chi connectivity index (χ1v) is 31.0. The minimum Gasteiger partial charge on any atom is -0.333 e. The molecule has 11 aromatic carbocycles. The van der Waals surface area contributed by atoms with Gasteiger partial charge in [-0.3, -0.25) is 4.57 Å². The van der Waals surface area contributed by atoms with Crippen molar-refractivity contribution in [1.29, 1.82) is 0 Å². The summed E-state index contributed by atoms with van der Waals surface area (Å²) in [5.74, 6) is 2.22. The van der Waals surface area contributed by atoms with Gasteiger partial charge in [-0.2, -0.15) is 0 Å². The molecule has 2 atom stereocenters. The van der Waals surface area contributed by atoms with Gasteiger partial charge in [0.25, 0.3) is 0 Å². The number of allylic oxidation sites excluding steroid dienone is 2. The average Bonchev–Trinajstić information content (AvgIpc) is 4.39. The van der Waals surface area contributed by atoms with Gasteiger partial charge in [0.15, 0.2) is 8.07 Å². The Morgan fingerprint density at radius 1 is 0.383 bits per heavy atom. The van der Waals surface area contributed by atoms with Crippen molar-refractivity contribution in [2.75, 3.05) is 4.90 Å². The van der Waals surface area contributed by atoms with Gasteiger partial charge in [0.2, 0.25) is 0 Å². The molecule has 81 heavy (non-hydrogen) atoms. The molecule has 2 unspecified atom stereocenters. The lowest BCUT2D eigenvalue weighted by molar-refractivity contribution is 0.745. The Morgan fingerprint density at radius 2 is 0.951 bits per heavy atom. The van der Waals surface area contributed by atoms with E-state index in [4.69, 9.17) is 4.98 Å². The highest BCUT2D eigenvalue weighted by Gasteiger charge is 2.42. The molecule has 0 spiro atoms. The molecule has 1 aliphatic carbocycles. The minimum atomic E-state index is -3.07. The first-order chi connectivity index (χ1) is 40.2. The summed E-state index contributed by atoms with van der Waals surface area (Å²) < 4.78 is 7.33. The standard InChI is InChI=1S/C74H51N5SSi/c1-3-21-54(22-4-1)81(55-23-5-2-6-24-55,56-25-17-19-49(43-56)50-37-40-72-73(44-50)80-48-74-75-64-31-11-16-36-71(64)79(72)74)57-26-18-20-51(45-57)76-69-41-38-52(77-65-32-12-7-27-58(65)59-28-8-13-33-66(59)77)46-62(69)63-47-53(39-42-70(63)76)78-67-34-14-9-29-60(67)61-30-10-15-35-68(61)78/h1-47,58,65H,48H2. The van der Waals surface area contributed by atoms with E-state index in [0.717, 1.165) is 34.0 Å². The molecule has 5 heterocycles. The van der Waals surface area contributed by atoms with Gasteiger partial charge in [-0.05, 0) is 128 Å². The van der Waals surface area contributed by atoms with Crippen molar-refractivity contribution in [2.45, 2.75) is 22.6 Å². The normalized spacial score (nSPS) is 15.4. The number of rotatable bonds is 8. The lowest BCUT2D eigenvalue weighted by atomic mass is 9.91. The number of anilines is 2. The van der Waals surface area contributed by atoms with Gasteiger partial charge >= 0.3 is 0 Å². The van der Waals surface area contributed by atoms with Crippen molar-refractivity contribution in [3.8, 4) is 28.2 Å². The highest BCUT2D eigenvalue weighted by Crippen LogP contribution is 2.49. The highest BCUT2D eigenvalue weighted by molar-refractivity contribution is 7.98. The number of para-hydroxylation sites is 5. The third kappa shape index (κ3) is 6.95. The summed E-state index contributed by atoms with van der Waals surface area (Å²) in [6.07, 6.45) is 9.16. The monoisotopic (exact) mass is 1070 g/mol. The van der Waals surface area contributed by atoms with E-state index in [-0.39, 0.29) is 12.0 Å². The third-order valence-corrected chi connectivity index (χ3v) is 23.4. The quantitative estimate of drug-likeness (QED) is 0.112. The number of thioether (sulfide) groups is 1. The van der Waals surface area contributed by atoms with Crippen LogP contribution in [0.5, 0.6) is 0 Å². The molecule has 0 bridgehead atoms. The Balaban J connectivity index is 0.873. The van der Waals surface area contributed by atoms with Crippen LogP contribution in [0, 0.1) is 0 Å². The van der Waals surface area contributed by atoms with Crippen LogP contribution in [0.2, 0.25) is 0 Å². The first-order valence-electron chi connectivity index (χ1n) is 28.0. The SMILES string of the molecule is C1=CC2c3ccccc3N(c3ccc4c(c3)c3cc(-n5c6ccccc6c6ccccc65)ccc3n4-c3cccc([Si](c4ccccc4)(c4ccccc4)c4cccc(-c5ccc6c(c5)SCc5nc7ccccc7n5-6)c4)c3)C2C=C1. The van der Waals surface area contributed by atoms with Gasteiger partial charge in [-0.15, -0.1) is 11.8 Å². The van der Waals surface area contributed by atoms with Gasteiger partial charge in [0, 0.05) is 55.1 Å². The van der Waals surface area contributed by atoms with Crippen LogP contribution in [0.4, 0.5) is 11.4 Å². The zero-order valence-electron chi connectivity index (χ0n) is 44.1. The number of imidazole rings is 1. The Kier molecular flexibility index (Phi) is 10.4. The zero-order chi connectivity index (χ0) is 53.2. The van der Waals surface area contributed by atoms with E-state index in [9.17, 15) is 0 Å². The lowest BCUT2D eigenvalue weighted by Gasteiger charge is -2.35. The lowest BCUT2D eigenvalue weighted by Crippen LogP contribution is -2.74. The molecular weight excluding hydrogens is 1020 g/mol. The Labute approximate surface area is 474 Å². The maximum atomic E-state index is 5.02. The van der Waals surface area contributed by atoms with Crippen LogP contribution in [-0.4, -0.2) is 32.8 Å². The predicted octanol–water partition coefficient (Wildman–Crippen LogP) is 15.6. The second kappa shape index (κ2) is 18.2. The highest BCUT2D eigenvalue weighted by atomic mass is 32.2. The van der Waals surface area contributed by atoms with Crippen LogP contribution in [0.15, 0.2) is 290 Å². The van der Waals surface area contributed by atoms with Gasteiger partial charge < -0.3 is 14.0 Å². The molecule has 5 nitrogen and oxygen atoms in total. The van der Waals surface area contributed by atoms with E-state index in [1.165, 1.54) is 103 Å². The Morgan fingerprint density at radius 3 is 1.70 bits per heavy atom. The molecule has 0 N–H and O–H groups in total. The van der Waals surface area contributed by atoms with Crippen molar-refractivity contribution in [3.63, 3.8) is 0 Å². The maximum absolute atomic E-state index is 5.02. The van der Waals surface area contributed by atoms with Gasteiger partial charge in [-0.25, -0.2) is 4.98 Å². The van der Waals surface area contributed by atoms with E-state index in [1.54, 1.807) is 0 Å². The predicted molar refractivity (Wildman–Crippen MR) is 342 cm³/mol. The number of fused-ring (bicyclic) bond motifs is 14. The van der Waals surface area contributed by atoms with Gasteiger partial charge in [-0.1, -0.05) is 194 Å².